The van der Waals surface area contributed by atoms with Crippen LogP contribution in [-0.4, -0.2) is 127 Å². The van der Waals surface area contributed by atoms with Gasteiger partial charge in [-0.3, -0.25) is 0 Å². The highest BCUT2D eigenvalue weighted by atomic mass is 16.5. The summed E-state index contributed by atoms with van der Waals surface area (Å²) in [5.74, 6) is 6.25. The quantitative estimate of drug-likeness (QED) is 0.133. The van der Waals surface area contributed by atoms with E-state index in [9.17, 15) is 0 Å². The van der Waals surface area contributed by atoms with Gasteiger partial charge in [-0.05, 0) is 54.6 Å². The maximum absolute atomic E-state index is 5.93. The number of H-pyrrole nitrogens is 2. The number of rotatable bonds is 10. The zero-order valence-corrected chi connectivity index (χ0v) is 39.6. The minimum absolute atomic E-state index is 0.297. The second-order valence-corrected chi connectivity index (χ2v) is 16.1. The molecule has 0 amide bonds. The second kappa shape index (κ2) is 17.1. The molecule has 4 aromatic carbocycles. The lowest BCUT2D eigenvalue weighted by molar-refractivity contribution is 0.0798. The molecule has 1 aliphatic carbocycles. The molecule has 3 aliphatic heterocycles. The molecule has 0 fully saturated rings. The predicted molar refractivity (Wildman–Crippen MR) is 258 cm³/mol. The lowest BCUT2D eigenvalue weighted by Crippen LogP contribution is -2.21. The Kier molecular flexibility index (Phi) is 10.7. The van der Waals surface area contributed by atoms with Crippen molar-refractivity contribution in [2.45, 2.75) is 12.5 Å². The Labute approximate surface area is 398 Å². The van der Waals surface area contributed by atoms with Gasteiger partial charge in [0.1, 0.15) is 34.5 Å². The van der Waals surface area contributed by atoms with Gasteiger partial charge >= 0.3 is 0 Å². The second-order valence-electron chi connectivity index (χ2n) is 16.1. The standard InChI is InChI=1S/C50H44N10O10/c1-61-31-11-21-22(12-32(31)62-2)42-51-41(21)56-43-23-13-33(63-3)34(64-4)14-24(23)45(52-43)58-47-27-17-37(67-7)38(68-8)18-28(27)49(54-47)60-50-30-20-40(70-10)39(69-9)19-29(30)48(55-50)59-46-26-16-36(66-6)35(65-5)15-25(26)44(53-46)57-42/h11-19,40H,20H2,1-10H3,(H2,51,52,53,54,55,56,57,58,59,60). The largest absolute Gasteiger partial charge is 0.498 e. The molecule has 4 aliphatic rings. The number of ether oxygens (including phenoxy) is 10. The Morgan fingerprint density at radius 3 is 0.986 bits per heavy atom. The first-order chi connectivity index (χ1) is 34.2. The van der Waals surface area contributed by atoms with Crippen LogP contribution in [0.2, 0.25) is 0 Å². The van der Waals surface area contributed by atoms with Gasteiger partial charge in [0, 0.05) is 68.8 Å². The molecule has 7 aromatic rings. The third-order valence-electron chi connectivity index (χ3n) is 12.6. The fourth-order valence-corrected chi connectivity index (χ4v) is 9.12. The summed E-state index contributed by atoms with van der Waals surface area (Å²) in [7, 11) is 15.8. The molecular weight excluding hydrogens is 901 g/mol. The molecule has 10 bridgehead atoms. The summed E-state index contributed by atoms with van der Waals surface area (Å²) in [6, 6.07) is 14.6. The third kappa shape index (κ3) is 6.85. The highest BCUT2D eigenvalue weighted by Gasteiger charge is 2.31. The predicted octanol–water partition coefficient (Wildman–Crippen LogP) is 7.91. The monoisotopic (exact) mass is 944 g/mol. The topological polar surface area (TPSA) is 227 Å². The fourth-order valence-electron chi connectivity index (χ4n) is 9.12. The average molecular weight is 945 g/mol. The van der Waals surface area contributed by atoms with Crippen LogP contribution in [0.15, 0.2) is 54.3 Å². The van der Waals surface area contributed by atoms with Crippen molar-refractivity contribution in [3.63, 3.8) is 0 Å². The van der Waals surface area contributed by atoms with Crippen LogP contribution in [0.25, 0.3) is 108 Å². The molecule has 0 saturated carbocycles. The minimum atomic E-state index is -0.421. The van der Waals surface area contributed by atoms with Gasteiger partial charge in [0.15, 0.2) is 80.9 Å². The molecule has 1 atom stereocenters. The van der Waals surface area contributed by atoms with Crippen molar-refractivity contribution >= 4 is 39.4 Å². The van der Waals surface area contributed by atoms with E-state index < -0.39 is 6.10 Å². The van der Waals surface area contributed by atoms with Crippen molar-refractivity contribution in [1.29, 1.82) is 0 Å². The van der Waals surface area contributed by atoms with Crippen molar-refractivity contribution in [2.75, 3.05) is 71.1 Å². The van der Waals surface area contributed by atoms with Gasteiger partial charge in [0.05, 0.1) is 64.0 Å². The summed E-state index contributed by atoms with van der Waals surface area (Å²) < 4.78 is 58.1. The molecule has 354 valence electrons. The summed E-state index contributed by atoms with van der Waals surface area (Å²) in [6.07, 6.45) is 1.87. The van der Waals surface area contributed by atoms with Crippen LogP contribution >= 0.6 is 0 Å². The Balaban J connectivity index is 1.34. The molecule has 0 saturated heterocycles. The van der Waals surface area contributed by atoms with E-state index in [4.69, 9.17) is 87.2 Å². The number of methoxy groups -OCH3 is 10. The molecule has 70 heavy (non-hydrogen) atoms. The van der Waals surface area contributed by atoms with Gasteiger partial charge in [-0.15, -0.1) is 0 Å². The Bertz CT molecular complexity index is 3650. The molecule has 1 unspecified atom stereocenters. The first-order valence-corrected chi connectivity index (χ1v) is 21.7. The number of hydrogen-bond donors (Lipinski definition) is 2. The summed E-state index contributed by atoms with van der Waals surface area (Å²) >= 11 is 0. The number of nitrogens with one attached hydrogen (secondary N) is 2. The molecule has 11 rings (SSSR count). The zero-order chi connectivity index (χ0) is 48.5. The van der Waals surface area contributed by atoms with Gasteiger partial charge in [0.2, 0.25) is 0 Å². The van der Waals surface area contributed by atoms with Crippen LogP contribution in [0, 0.1) is 0 Å². The SMILES string of the molecule is COC1=Cc2c(c3nc4nc(nc5[nH]c(nc6nc(nc7nc(nc2[nH]3)-c2cc(OC)c(OC)cc2-7)-c2cc(OC)c(OC)cc2-6)c2cc(OC)c(OC)cc52)-c2cc(OC)c(OC)cc2-4)CC1OC. The van der Waals surface area contributed by atoms with Gasteiger partial charge in [0.25, 0.3) is 0 Å². The van der Waals surface area contributed by atoms with Crippen LogP contribution in [-0.2, 0) is 15.9 Å². The Hall–Kier alpha value is -8.78. The average Bonchev–Trinajstić information content (AvgIpc) is 4.18. The summed E-state index contributed by atoms with van der Waals surface area (Å²) in [5, 5.41) is 1.30. The van der Waals surface area contributed by atoms with E-state index in [1.807, 2.05) is 54.6 Å². The van der Waals surface area contributed by atoms with Crippen LogP contribution in [0.1, 0.15) is 11.1 Å². The molecule has 2 N–H and O–H groups in total. The van der Waals surface area contributed by atoms with Crippen LogP contribution < -0.4 is 37.9 Å². The fraction of sp³-hybridized carbons (Fsp3) is 0.240. The number of nitrogens with zero attached hydrogens (tertiary/aromatic N) is 8. The van der Waals surface area contributed by atoms with Gasteiger partial charge < -0.3 is 57.3 Å². The van der Waals surface area contributed by atoms with Crippen molar-refractivity contribution < 1.29 is 47.4 Å². The summed E-state index contributed by atoms with van der Waals surface area (Å²) in [6.45, 7) is 0. The van der Waals surface area contributed by atoms with E-state index in [0.717, 1.165) is 11.1 Å². The van der Waals surface area contributed by atoms with Crippen molar-refractivity contribution in [3.05, 3.63) is 65.4 Å². The Morgan fingerprint density at radius 1 is 0.357 bits per heavy atom. The maximum Gasteiger partial charge on any atom is 0.164 e. The van der Waals surface area contributed by atoms with Crippen LogP contribution in [0.3, 0.4) is 0 Å². The van der Waals surface area contributed by atoms with Crippen LogP contribution in [0.5, 0.6) is 46.0 Å². The number of aromatic amines is 2. The number of hydrogen-bond acceptors (Lipinski definition) is 18. The molecule has 20 heteroatoms. The van der Waals surface area contributed by atoms with Crippen molar-refractivity contribution in [3.8, 4) is 114 Å². The number of benzene rings is 4. The van der Waals surface area contributed by atoms with Gasteiger partial charge in [-0.1, -0.05) is 0 Å². The third-order valence-corrected chi connectivity index (χ3v) is 12.6. The van der Waals surface area contributed by atoms with E-state index in [1.54, 1.807) is 71.1 Å². The van der Waals surface area contributed by atoms with E-state index in [0.29, 0.717) is 160 Å². The zero-order valence-electron chi connectivity index (χ0n) is 39.6. The van der Waals surface area contributed by atoms with Crippen molar-refractivity contribution in [1.82, 2.24) is 49.8 Å². The van der Waals surface area contributed by atoms with Gasteiger partial charge in [-0.2, -0.15) is 0 Å². The minimum Gasteiger partial charge on any atom is -0.498 e. The smallest absolute Gasteiger partial charge is 0.164 e. The highest BCUT2D eigenvalue weighted by molar-refractivity contribution is 6.06. The van der Waals surface area contributed by atoms with E-state index >= 15 is 0 Å². The first kappa shape index (κ1) is 43.8. The lowest BCUT2D eigenvalue weighted by atomic mass is 9.97. The summed E-state index contributed by atoms with van der Waals surface area (Å²) in [5.41, 5.74) is 6.98. The Morgan fingerprint density at radius 2 is 0.657 bits per heavy atom. The lowest BCUT2D eigenvalue weighted by Gasteiger charge is -2.21. The normalized spacial score (nSPS) is 13.5. The van der Waals surface area contributed by atoms with Gasteiger partial charge in [-0.25, -0.2) is 39.9 Å². The van der Waals surface area contributed by atoms with Crippen LogP contribution in [0.4, 0.5) is 0 Å². The highest BCUT2D eigenvalue weighted by Crippen LogP contribution is 2.47. The molecule has 6 heterocycles. The number of fused-ring (bicyclic) bond motifs is 25. The first-order valence-electron chi connectivity index (χ1n) is 21.7. The van der Waals surface area contributed by atoms with E-state index in [2.05, 4.69) is 9.97 Å². The van der Waals surface area contributed by atoms with Crippen molar-refractivity contribution in [2.24, 2.45) is 0 Å². The molecule has 20 nitrogen and oxygen atoms in total. The summed E-state index contributed by atoms with van der Waals surface area (Å²) in [4.78, 5) is 48.3. The number of aromatic nitrogens is 10. The molecule has 0 radical (unpaired) electrons. The molecular formula is C50H44N10O10. The van der Waals surface area contributed by atoms with E-state index in [1.165, 1.54) is 0 Å². The molecule has 0 spiro atoms. The molecule has 3 aromatic heterocycles. The van der Waals surface area contributed by atoms with E-state index in [-0.39, 0.29) is 0 Å². The maximum atomic E-state index is 5.93.